The second-order valence-corrected chi connectivity index (χ2v) is 7.49. The molecule has 0 spiro atoms. The highest BCUT2D eigenvalue weighted by Crippen LogP contribution is 2.21. The van der Waals surface area contributed by atoms with Crippen molar-refractivity contribution in [1.82, 2.24) is 4.72 Å². The summed E-state index contributed by atoms with van der Waals surface area (Å²) in [6, 6.07) is 8.72. The van der Waals surface area contributed by atoms with Gasteiger partial charge in [-0.05, 0) is 49.4 Å². The zero-order chi connectivity index (χ0) is 14.8. The molecule has 20 heavy (non-hydrogen) atoms. The van der Waals surface area contributed by atoms with E-state index < -0.39 is 10.0 Å². The Hall–Kier alpha value is -1.37. The number of nitrogen functional groups attached to an aromatic ring is 1. The number of nitrogens with two attached hydrogens (primary N) is 1. The van der Waals surface area contributed by atoms with Crippen molar-refractivity contribution >= 4 is 27.0 Å². The lowest BCUT2D eigenvalue weighted by Gasteiger charge is -2.15. The van der Waals surface area contributed by atoms with Crippen molar-refractivity contribution in [3.63, 3.8) is 0 Å². The standard InChI is InChI=1S/C14H18N2O2S2/c1-10(9-12-5-4-8-19-12)16-20(17,18)14-7-3-6-13(15)11(14)2/h3-8,10,16H,9,15H2,1-2H3. The Morgan fingerprint density at radius 3 is 2.70 bits per heavy atom. The van der Waals surface area contributed by atoms with E-state index in [-0.39, 0.29) is 10.9 Å². The predicted octanol–water partition coefficient (Wildman–Crippen LogP) is 2.55. The largest absolute Gasteiger partial charge is 0.398 e. The van der Waals surface area contributed by atoms with Gasteiger partial charge in [0.1, 0.15) is 0 Å². The van der Waals surface area contributed by atoms with Gasteiger partial charge in [0.05, 0.1) is 4.90 Å². The first-order valence-corrected chi connectivity index (χ1v) is 8.66. The molecule has 1 heterocycles. The van der Waals surface area contributed by atoms with Crippen molar-refractivity contribution in [3.8, 4) is 0 Å². The quantitative estimate of drug-likeness (QED) is 0.834. The van der Waals surface area contributed by atoms with E-state index in [1.165, 1.54) is 0 Å². The van der Waals surface area contributed by atoms with Gasteiger partial charge in [-0.15, -0.1) is 11.3 Å². The second kappa shape index (κ2) is 5.95. The van der Waals surface area contributed by atoms with Crippen LogP contribution in [-0.4, -0.2) is 14.5 Å². The molecule has 2 rings (SSSR count). The normalized spacial score (nSPS) is 13.3. The van der Waals surface area contributed by atoms with Crippen molar-refractivity contribution in [3.05, 3.63) is 46.2 Å². The molecule has 0 aliphatic rings. The van der Waals surface area contributed by atoms with Crippen LogP contribution in [0.1, 0.15) is 17.4 Å². The van der Waals surface area contributed by atoms with Crippen LogP contribution in [-0.2, 0) is 16.4 Å². The number of rotatable bonds is 5. The molecule has 4 nitrogen and oxygen atoms in total. The fourth-order valence-corrected chi connectivity index (χ4v) is 4.38. The van der Waals surface area contributed by atoms with E-state index in [0.717, 1.165) is 4.88 Å². The molecule has 0 radical (unpaired) electrons. The zero-order valence-corrected chi connectivity index (χ0v) is 13.1. The molecule has 0 amide bonds. The summed E-state index contributed by atoms with van der Waals surface area (Å²) < 4.78 is 27.5. The van der Waals surface area contributed by atoms with Crippen molar-refractivity contribution in [2.75, 3.05) is 5.73 Å². The number of thiophene rings is 1. The molecule has 0 aliphatic carbocycles. The van der Waals surface area contributed by atoms with Crippen LogP contribution < -0.4 is 10.5 Å². The Morgan fingerprint density at radius 1 is 1.30 bits per heavy atom. The molecule has 6 heteroatoms. The van der Waals surface area contributed by atoms with Gasteiger partial charge in [-0.3, -0.25) is 0 Å². The first-order valence-electron chi connectivity index (χ1n) is 6.30. The zero-order valence-electron chi connectivity index (χ0n) is 11.5. The Balaban J connectivity index is 2.16. The maximum Gasteiger partial charge on any atom is 0.241 e. The fourth-order valence-electron chi connectivity index (χ4n) is 2.02. The van der Waals surface area contributed by atoms with Gasteiger partial charge in [0.15, 0.2) is 0 Å². The maximum atomic E-state index is 12.4. The molecule has 1 aromatic heterocycles. The summed E-state index contributed by atoms with van der Waals surface area (Å²) in [5.41, 5.74) is 6.84. The van der Waals surface area contributed by atoms with Crippen LogP contribution in [0, 0.1) is 6.92 Å². The van der Waals surface area contributed by atoms with Crippen molar-refractivity contribution in [1.29, 1.82) is 0 Å². The molecule has 0 saturated carbocycles. The lowest BCUT2D eigenvalue weighted by atomic mass is 10.2. The van der Waals surface area contributed by atoms with E-state index in [9.17, 15) is 8.42 Å². The van der Waals surface area contributed by atoms with Gasteiger partial charge in [0.2, 0.25) is 10.0 Å². The summed E-state index contributed by atoms with van der Waals surface area (Å²) in [6.45, 7) is 3.58. The van der Waals surface area contributed by atoms with E-state index in [4.69, 9.17) is 5.73 Å². The van der Waals surface area contributed by atoms with Crippen LogP contribution in [0.2, 0.25) is 0 Å². The molecular weight excluding hydrogens is 292 g/mol. The maximum absolute atomic E-state index is 12.4. The highest BCUT2D eigenvalue weighted by Gasteiger charge is 2.20. The van der Waals surface area contributed by atoms with Crippen LogP contribution in [0.3, 0.4) is 0 Å². The molecule has 0 bridgehead atoms. The SMILES string of the molecule is Cc1c(N)cccc1S(=O)(=O)NC(C)Cc1cccs1. The van der Waals surface area contributed by atoms with Crippen LogP contribution in [0.4, 0.5) is 5.69 Å². The van der Waals surface area contributed by atoms with Gasteiger partial charge in [-0.25, -0.2) is 13.1 Å². The smallest absolute Gasteiger partial charge is 0.241 e. The summed E-state index contributed by atoms with van der Waals surface area (Å²) in [7, 11) is -3.54. The minimum Gasteiger partial charge on any atom is -0.398 e. The highest BCUT2D eigenvalue weighted by molar-refractivity contribution is 7.89. The monoisotopic (exact) mass is 310 g/mol. The third-order valence-corrected chi connectivity index (χ3v) is 5.69. The number of nitrogens with one attached hydrogen (secondary N) is 1. The van der Waals surface area contributed by atoms with Crippen molar-refractivity contribution < 1.29 is 8.42 Å². The first kappa shape index (κ1) is 15.0. The van der Waals surface area contributed by atoms with E-state index in [2.05, 4.69) is 4.72 Å². The molecular formula is C14H18N2O2S2. The van der Waals surface area contributed by atoms with Crippen molar-refractivity contribution in [2.45, 2.75) is 31.2 Å². The topological polar surface area (TPSA) is 72.2 Å². The minimum atomic E-state index is -3.54. The van der Waals surface area contributed by atoms with Gasteiger partial charge in [-0.1, -0.05) is 12.1 Å². The Kier molecular flexibility index (Phi) is 4.47. The molecule has 1 unspecified atom stereocenters. The molecule has 108 valence electrons. The number of benzene rings is 1. The van der Waals surface area contributed by atoms with Gasteiger partial charge >= 0.3 is 0 Å². The van der Waals surface area contributed by atoms with Crippen LogP contribution in [0.5, 0.6) is 0 Å². The van der Waals surface area contributed by atoms with E-state index >= 15 is 0 Å². The van der Waals surface area contributed by atoms with E-state index in [1.807, 2.05) is 24.4 Å². The number of hydrogen-bond acceptors (Lipinski definition) is 4. The van der Waals surface area contributed by atoms with Gasteiger partial charge in [-0.2, -0.15) is 0 Å². The average molecular weight is 310 g/mol. The Morgan fingerprint density at radius 2 is 2.05 bits per heavy atom. The van der Waals surface area contributed by atoms with E-state index in [1.54, 1.807) is 36.5 Å². The fraction of sp³-hybridized carbons (Fsp3) is 0.286. The summed E-state index contributed by atoms with van der Waals surface area (Å²) in [5.74, 6) is 0. The third-order valence-electron chi connectivity index (χ3n) is 3.06. The van der Waals surface area contributed by atoms with Gasteiger partial charge in [0.25, 0.3) is 0 Å². The lowest BCUT2D eigenvalue weighted by molar-refractivity contribution is 0.560. The van der Waals surface area contributed by atoms with Crippen molar-refractivity contribution in [2.24, 2.45) is 0 Å². The van der Waals surface area contributed by atoms with E-state index in [0.29, 0.717) is 17.7 Å². The second-order valence-electron chi connectivity index (χ2n) is 4.78. The molecule has 0 fully saturated rings. The Labute approximate surface area is 123 Å². The molecule has 1 atom stereocenters. The number of sulfonamides is 1. The Bertz CT molecular complexity index is 679. The summed E-state index contributed by atoms with van der Waals surface area (Å²) in [5, 5.41) is 1.98. The molecule has 3 N–H and O–H groups in total. The van der Waals surface area contributed by atoms with Gasteiger partial charge < -0.3 is 5.73 Å². The number of hydrogen-bond donors (Lipinski definition) is 2. The molecule has 1 aromatic carbocycles. The van der Waals surface area contributed by atoms with Crippen LogP contribution in [0.15, 0.2) is 40.6 Å². The molecule has 0 aliphatic heterocycles. The van der Waals surface area contributed by atoms with Gasteiger partial charge in [0, 0.05) is 16.6 Å². The highest BCUT2D eigenvalue weighted by atomic mass is 32.2. The third kappa shape index (κ3) is 3.39. The predicted molar refractivity (Wildman–Crippen MR) is 83.4 cm³/mol. The molecule has 0 saturated heterocycles. The average Bonchev–Trinajstić information content (AvgIpc) is 2.84. The summed E-state index contributed by atoms with van der Waals surface area (Å²) >= 11 is 1.62. The molecule has 2 aromatic rings. The lowest BCUT2D eigenvalue weighted by Crippen LogP contribution is -2.34. The van der Waals surface area contributed by atoms with Crippen LogP contribution in [0.25, 0.3) is 0 Å². The van der Waals surface area contributed by atoms with Crippen LogP contribution >= 0.6 is 11.3 Å². The summed E-state index contributed by atoms with van der Waals surface area (Å²) in [6.07, 6.45) is 0.679. The summed E-state index contributed by atoms with van der Waals surface area (Å²) in [4.78, 5) is 1.40. The number of anilines is 1. The minimum absolute atomic E-state index is 0.167. The first-order chi connectivity index (χ1) is 9.40.